The van der Waals surface area contributed by atoms with E-state index in [0.29, 0.717) is 6.54 Å². The molecule has 0 saturated heterocycles. The molecular weight excluding hydrogens is 192 g/mol. The van der Waals surface area contributed by atoms with Crippen molar-refractivity contribution in [3.63, 3.8) is 0 Å². The van der Waals surface area contributed by atoms with Crippen molar-refractivity contribution >= 4 is 11.7 Å². The van der Waals surface area contributed by atoms with Crippen molar-refractivity contribution in [2.24, 2.45) is 5.92 Å². The molecule has 1 amide bonds. The topological polar surface area (TPSA) is 49.4 Å². The van der Waals surface area contributed by atoms with Gasteiger partial charge in [-0.05, 0) is 26.9 Å². The summed E-state index contributed by atoms with van der Waals surface area (Å²) in [6.07, 6.45) is 0.881. The fourth-order valence-electron chi connectivity index (χ4n) is 1.39. The van der Waals surface area contributed by atoms with Gasteiger partial charge in [-0.15, -0.1) is 0 Å². The van der Waals surface area contributed by atoms with Gasteiger partial charge in [-0.25, -0.2) is 0 Å². The van der Waals surface area contributed by atoms with E-state index >= 15 is 0 Å². The normalized spacial score (nSPS) is 14.8. The Kier molecular flexibility index (Phi) is 6.17. The highest BCUT2D eigenvalue weighted by Crippen LogP contribution is 2.08. The van der Waals surface area contributed by atoms with Crippen molar-refractivity contribution in [3.8, 4) is 0 Å². The molecule has 0 heterocycles. The van der Waals surface area contributed by atoms with E-state index in [9.17, 15) is 9.59 Å². The molecule has 0 radical (unpaired) electrons. The predicted molar refractivity (Wildman–Crippen MR) is 60.6 cm³/mol. The van der Waals surface area contributed by atoms with Crippen molar-refractivity contribution < 1.29 is 9.59 Å². The molecule has 0 bridgehead atoms. The second kappa shape index (κ2) is 6.56. The standard InChI is InChI=1S/C11H22N2O2/c1-6-8(2)11(9(3)14)12-10(15)7-13(4)5/h8,11H,6-7H2,1-5H3,(H,12,15)/t8-,11-/m0/s1. The number of amides is 1. The molecule has 0 fully saturated rings. The van der Waals surface area contributed by atoms with Crippen LogP contribution in [-0.4, -0.2) is 43.3 Å². The minimum atomic E-state index is -0.345. The number of likely N-dealkylation sites (N-methyl/N-ethyl adjacent to an activating group) is 1. The highest BCUT2D eigenvalue weighted by molar-refractivity contribution is 5.88. The summed E-state index contributed by atoms with van der Waals surface area (Å²) in [6.45, 7) is 5.83. The van der Waals surface area contributed by atoms with Crippen LogP contribution in [0.4, 0.5) is 0 Å². The molecule has 15 heavy (non-hydrogen) atoms. The highest BCUT2D eigenvalue weighted by atomic mass is 16.2. The quantitative estimate of drug-likeness (QED) is 0.707. The highest BCUT2D eigenvalue weighted by Gasteiger charge is 2.22. The van der Waals surface area contributed by atoms with Crippen LogP contribution in [0.5, 0.6) is 0 Å². The minimum absolute atomic E-state index is 0.0245. The number of hydrogen-bond donors (Lipinski definition) is 1. The van der Waals surface area contributed by atoms with E-state index in [0.717, 1.165) is 6.42 Å². The third-order valence-corrected chi connectivity index (χ3v) is 2.43. The van der Waals surface area contributed by atoms with Gasteiger partial charge in [0.25, 0.3) is 0 Å². The van der Waals surface area contributed by atoms with Crippen LogP contribution in [0.2, 0.25) is 0 Å². The number of Topliss-reactive ketones (excluding diaryl/α,β-unsaturated/α-hetero) is 1. The smallest absolute Gasteiger partial charge is 0.234 e. The number of ketones is 1. The summed E-state index contributed by atoms with van der Waals surface area (Å²) in [5.41, 5.74) is 0. The van der Waals surface area contributed by atoms with Crippen molar-refractivity contribution in [2.45, 2.75) is 33.2 Å². The van der Waals surface area contributed by atoms with Gasteiger partial charge in [-0.3, -0.25) is 9.59 Å². The zero-order chi connectivity index (χ0) is 12.0. The summed E-state index contributed by atoms with van der Waals surface area (Å²) in [5, 5.41) is 2.77. The molecule has 88 valence electrons. The molecule has 0 rings (SSSR count). The van der Waals surface area contributed by atoms with Crippen molar-refractivity contribution in [2.75, 3.05) is 20.6 Å². The van der Waals surface area contributed by atoms with Crippen molar-refractivity contribution in [3.05, 3.63) is 0 Å². The molecule has 0 spiro atoms. The minimum Gasteiger partial charge on any atom is -0.345 e. The van der Waals surface area contributed by atoms with Crippen LogP contribution in [0.15, 0.2) is 0 Å². The molecule has 0 aliphatic heterocycles. The van der Waals surface area contributed by atoms with Gasteiger partial charge in [0.15, 0.2) is 5.78 Å². The number of hydrogen-bond acceptors (Lipinski definition) is 3. The predicted octanol–water partition coefficient (Wildman–Crippen LogP) is 0.668. The lowest BCUT2D eigenvalue weighted by Gasteiger charge is -2.22. The van der Waals surface area contributed by atoms with Crippen LogP contribution in [0, 0.1) is 5.92 Å². The first-order valence-corrected chi connectivity index (χ1v) is 5.33. The second-order valence-electron chi connectivity index (χ2n) is 4.28. The fourth-order valence-corrected chi connectivity index (χ4v) is 1.39. The van der Waals surface area contributed by atoms with Crippen LogP contribution < -0.4 is 5.32 Å². The first kappa shape index (κ1) is 14.1. The Morgan fingerprint density at radius 3 is 2.20 bits per heavy atom. The van der Waals surface area contributed by atoms with Gasteiger partial charge in [-0.2, -0.15) is 0 Å². The zero-order valence-electron chi connectivity index (χ0n) is 10.3. The molecule has 0 aromatic rings. The molecule has 1 N–H and O–H groups in total. The van der Waals surface area contributed by atoms with E-state index in [1.54, 1.807) is 4.90 Å². The maximum absolute atomic E-state index is 11.5. The van der Waals surface area contributed by atoms with E-state index in [1.165, 1.54) is 6.92 Å². The maximum Gasteiger partial charge on any atom is 0.234 e. The van der Waals surface area contributed by atoms with E-state index < -0.39 is 0 Å². The zero-order valence-corrected chi connectivity index (χ0v) is 10.3. The molecule has 0 aromatic carbocycles. The van der Waals surface area contributed by atoms with Crippen LogP contribution in [0.3, 0.4) is 0 Å². The van der Waals surface area contributed by atoms with Crippen molar-refractivity contribution in [1.82, 2.24) is 10.2 Å². The molecule has 0 aliphatic rings. The van der Waals surface area contributed by atoms with Crippen molar-refractivity contribution in [1.29, 1.82) is 0 Å². The summed E-state index contributed by atoms with van der Waals surface area (Å²) in [4.78, 5) is 24.6. The van der Waals surface area contributed by atoms with Crippen LogP contribution in [0.1, 0.15) is 27.2 Å². The Balaban J connectivity index is 4.29. The third kappa shape index (κ3) is 5.52. The lowest BCUT2D eigenvalue weighted by Crippen LogP contribution is -2.46. The average Bonchev–Trinajstić information content (AvgIpc) is 2.11. The third-order valence-electron chi connectivity index (χ3n) is 2.43. The van der Waals surface area contributed by atoms with Gasteiger partial charge in [0, 0.05) is 0 Å². The summed E-state index contributed by atoms with van der Waals surface area (Å²) in [5.74, 6) is 0.116. The average molecular weight is 214 g/mol. The van der Waals surface area contributed by atoms with E-state index in [2.05, 4.69) is 5.32 Å². The summed E-state index contributed by atoms with van der Waals surface area (Å²) in [6, 6.07) is -0.345. The van der Waals surface area contributed by atoms with Crippen LogP contribution in [0.25, 0.3) is 0 Å². The van der Waals surface area contributed by atoms with Gasteiger partial charge < -0.3 is 10.2 Å². The number of carbonyl (C=O) groups is 2. The second-order valence-corrected chi connectivity index (χ2v) is 4.28. The fraction of sp³-hybridized carbons (Fsp3) is 0.818. The molecule has 0 unspecified atom stereocenters. The Labute approximate surface area is 92.0 Å². The van der Waals surface area contributed by atoms with Crippen LogP contribution in [-0.2, 0) is 9.59 Å². The molecular formula is C11H22N2O2. The monoisotopic (exact) mass is 214 g/mol. The molecule has 0 aromatic heterocycles. The Morgan fingerprint density at radius 2 is 1.87 bits per heavy atom. The van der Waals surface area contributed by atoms with E-state index in [-0.39, 0.29) is 23.7 Å². The summed E-state index contributed by atoms with van der Waals surface area (Å²) >= 11 is 0. The summed E-state index contributed by atoms with van der Waals surface area (Å²) < 4.78 is 0. The first-order chi connectivity index (χ1) is 6.88. The Bertz CT molecular complexity index is 227. The van der Waals surface area contributed by atoms with Crippen LogP contribution >= 0.6 is 0 Å². The summed E-state index contributed by atoms with van der Waals surface area (Å²) in [7, 11) is 3.65. The largest absolute Gasteiger partial charge is 0.345 e. The van der Waals surface area contributed by atoms with Gasteiger partial charge in [-0.1, -0.05) is 20.3 Å². The number of carbonyl (C=O) groups excluding carboxylic acids is 2. The molecule has 4 heteroatoms. The van der Waals surface area contributed by atoms with Gasteiger partial charge in [0.05, 0.1) is 12.6 Å². The number of nitrogens with one attached hydrogen (secondary N) is 1. The lowest BCUT2D eigenvalue weighted by molar-refractivity contribution is -0.128. The molecule has 2 atom stereocenters. The Hall–Kier alpha value is -0.900. The molecule has 0 saturated carbocycles. The van der Waals surface area contributed by atoms with Gasteiger partial charge in [0.2, 0.25) is 5.91 Å². The number of rotatable bonds is 6. The first-order valence-electron chi connectivity index (χ1n) is 5.33. The SMILES string of the molecule is CC[C@H](C)[C@H](NC(=O)CN(C)C)C(C)=O. The molecule has 4 nitrogen and oxygen atoms in total. The lowest BCUT2D eigenvalue weighted by atomic mass is 9.96. The van der Waals surface area contributed by atoms with E-state index in [1.807, 2.05) is 27.9 Å². The van der Waals surface area contributed by atoms with Gasteiger partial charge in [0.1, 0.15) is 0 Å². The van der Waals surface area contributed by atoms with Gasteiger partial charge >= 0.3 is 0 Å². The van der Waals surface area contributed by atoms with E-state index in [4.69, 9.17) is 0 Å². The maximum atomic E-state index is 11.5. The Morgan fingerprint density at radius 1 is 1.33 bits per heavy atom. The number of nitrogens with zero attached hydrogens (tertiary/aromatic N) is 1. The molecule has 0 aliphatic carbocycles.